The van der Waals surface area contributed by atoms with Crippen molar-refractivity contribution in [2.24, 2.45) is 11.8 Å². The standard InChI is InChI=1S/C16H32N2O2S/c1-12(2)15-10-17-16(5,14-6-7-14)11-18(15)8-9-21(19,20)13(3)4/h12-15,17H,6-11H2,1-5H3. The van der Waals surface area contributed by atoms with Gasteiger partial charge in [-0.3, -0.25) is 4.90 Å². The third-order valence-corrected chi connectivity index (χ3v) is 7.53. The Morgan fingerprint density at radius 2 is 1.86 bits per heavy atom. The average Bonchev–Trinajstić information content (AvgIpc) is 3.20. The Morgan fingerprint density at radius 3 is 2.33 bits per heavy atom. The molecule has 1 saturated heterocycles. The van der Waals surface area contributed by atoms with Crippen molar-refractivity contribution in [3.63, 3.8) is 0 Å². The summed E-state index contributed by atoms with van der Waals surface area (Å²) in [6, 6.07) is 0.444. The lowest BCUT2D eigenvalue weighted by molar-refractivity contribution is 0.0576. The largest absolute Gasteiger partial charge is 0.308 e. The van der Waals surface area contributed by atoms with E-state index in [0.29, 0.717) is 18.5 Å². The first-order valence-corrected chi connectivity index (χ1v) is 10.1. The number of hydrogen-bond donors (Lipinski definition) is 1. The maximum atomic E-state index is 12.1. The van der Waals surface area contributed by atoms with Gasteiger partial charge in [0.05, 0.1) is 11.0 Å². The summed E-state index contributed by atoms with van der Waals surface area (Å²) in [6.07, 6.45) is 2.63. The molecule has 21 heavy (non-hydrogen) atoms. The van der Waals surface area contributed by atoms with Gasteiger partial charge in [0.25, 0.3) is 0 Å². The quantitative estimate of drug-likeness (QED) is 0.813. The molecule has 2 rings (SSSR count). The summed E-state index contributed by atoms with van der Waals surface area (Å²) >= 11 is 0. The highest BCUT2D eigenvalue weighted by atomic mass is 32.2. The summed E-state index contributed by atoms with van der Waals surface area (Å²) in [5.74, 6) is 1.60. The molecule has 2 fully saturated rings. The van der Waals surface area contributed by atoms with E-state index in [4.69, 9.17) is 0 Å². The van der Waals surface area contributed by atoms with E-state index >= 15 is 0 Å². The number of nitrogens with zero attached hydrogens (tertiary/aromatic N) is 1. The van der Waals surface area contributed by atoms with Crippen molar-refractivity contribution in [3.05, 3.63) is 0 Å². The second kappa shape index (κ2) is 6.17. The molecule has 1 aliphatic carbocycles. The van der Waals surface area contributed by atoms with E-state index in [9.17, 15) is 8.42 Å². The molecule has 4 nitrogen and oxygen atoms in total. The van der Waals surface area contributed by atoms with Gasteiger partial charge in [0.1, 0.15) is 0 Å². The molecule has 5 heteroatoms. The van der Waals surface area contributed by atoms with Gasteiger partial charge in [-0.05, 0) is 45.4 Å². The van der Waals surface area contributed by atoms with Crippen LogP contribution in [0.5, 0.6) is 0 Å². The minimum Gasteiger partial charge on any atom is -0.308 e. The number of rotatable bonds is 6. The molecule has 1 aliphatic heterocycles. The Labute approximate surface area is 130 Å². The molecule has 1 saturated carbocycles. The van der Waals surface area contributed by atoms with Crippen molar-refractivity contribution in [2.45, 2.75) is 64.3 Å². The minimum atomic E-state index is -2.95. The first kappa shape index (κ1) is 17.2. The molecule has 1 N–H and O–H groups in total. The molecule has 2 unspecified atom stereocenters. The number of sulfone groups is 1. The monoisotopic (exact) mass is 316 g/mol. The van der Waals surface area contributed by atoms with E-state index in [0.717, 1.165) is 19.0 Å². The summed E-state index contributed by atoms with van der Waals surface area (Å²) in [6.45, 7) is 13.0. The average molecular weight is 317 g/mol. The van der Waals surface area contributed by atoms with Gasteiger partial charge in [-0.25, -0.2) is 8.42 Å². The molecule has 0 spiro atoms. The lowest BCUT2D eigenvalue weighted by Crippen LogP contribution is -2.65. The van der Waals surface area contributed by atoms with Crippen LogP contribution in [0.3, 0.4) is 0 Å². The first-order chi connectivity index (χ1) is 9.66. The molecule has 0 bridgehead atoms. The van der Waals surface area contributed by atoms with Gasteiger partial charge >= 0.3 is 0 Å². The van der Waals surface area contributed by atoms with Crippen LogP contribution in [0.4, 0.5) is 0 Å². The van der Waals surface area contributed by atoms with Crippen LogP contribution < -0.4 is 5.32 Å². The van der Waals surface area contributed by atoms with Crippen LogP contribution in [-0.2, 0) is 9.84 Å². The Morgan fingerprint density at radius 1 is 1.24 bits per heavy atom. The molecule has 0 aromatic heterocycles. The minimum absolute atomic E-state index is 0.174. The number of nitrogens with one attached hydrogen (secondary N) is 1. The molecule has 0 aromatic carbocycles. The fraction of sp³-hybridized carbons (Fsp3) is 1.00. The SMILES string of the molecule is CC(C)C1CNC(C)(C2CC2)CN1CCS(=O)(=O)C(C)C. The van der Waals surface area contributed by atoms with E-state index < -0.39 is 9.84 Å². The Hall–Kier alpha value is -0.130. The molecular formula is C16H32N2O2S. The fourth-order valence-electron chi connectivity index (χ4n) is 3.44. The van der Waals surface area contributed by atoms with Gasteiger partial charge in [0.15, 0.2) is 9.84 Å². The zero-order chi connectivity index (χ0) is 15.8. The summed E-state index contributed by atoms with van der Waals surface area (Å²) in [4.78, 5) is 2.43. The van der Waals surface area contributed by atoms with E-state index in [1.807, 2.05) is 0 Å². The molecule has 1 heterocycles. The zero-order valence-corrected chi connectivity index (χ0v) is 15.0. The van der Waals surface area contributed by atoms with Gasteiger partial charge in [0.2, 0.25) is 0 Å². The van der Waals surface area contributed by atoms with E-state index in [2.05, 4.69) is 31.0 Å². The number of hydrogen-bond acceptors (Lipinski definition) is 4. The lowest BCUT2D eigenvalue weighted by Gasteiger charge is -2.48. The molecular weight excluding hydrogens is 284 g/mol. The van der Waals surface area contributed by atoms with Gasteiger partial charge in [0, 0.05) is 31.2 Å². The van der Waals surface area contributed by atoms with Crippen molar-refractivity contribution in [1.29, 1.82) is 0 Å². The predicted octanol–water partition coefficient (Wildman–Crippen LogP) is 1.91. The molecule has 0 aromatic rings. The van der Waals surface area contributed by atoms with Crippen LogP contribution in [0.1, 0.15) is 47.5 Å². The topological polar surface area (TPSA) is 49.4 Å². The van der Waals surface area contributed by atoms with Crippen molar-refractivity contribution in [3.8, 4) is 0 Å². The molecule has 0 radical (unpaired) electrons. The van der Waals surface area contributed by atoms with Crippen LogP contribution in [-0.4, -0.2) is 55.5 Å². The summed E-state index contributed by atoms with van der Waals surface area (Å²) < 4.78 is 24.2. The maximum Gasteiger partial charge on any atom is 0.153 e. The van der Waals surface area contributed by atoms with Crippen LogP contribution >= 0.6 is 0 Å². The molecule has 0 amide bonds. The van der Waals surface area contributed by atoms with E-state index in [1.54, 1.807) is 13.8 Å². The van der Waals surface area contributed by atoms with Crippen molar-refractivity contribution < 1.29 is 8.42 Å². The van der Waals surface area contributed by atoms with Crippen LogP contribution in [0, 0.1) is 11.8 Å². The van der Waals surface area contributed by atoms with Crippen LogP contribution in [0.25, 0.3) is 0 Å². The summed E-state index contributed by atoms with van der Waals surface area (Å²) in [7, 11) is -2.95. The van der Waals surface area contributed by atoms with Crippen molar-refractivity contribution in [2.75, 3.05) is 25.4 Å². The highest BCUT2D eigenvalue weighted by Gasteiger charge is 2.46. The highest BCUT2D eigenvalue weighted by molar-refractivity contribution is 7.92. The van der Waals surface area contributed by atoms with E-state index in [-0.39, 0.29) is 16.5 Å². The van der Waals surface area contributed by atoms with E-state index in [1.165, 1.54) is 12.8 Å². The van der Waals surface area contributed by atoms with Crippen molar-refractivity contribution >= 4 is 9.84 Å². The Kier molecular flexibility index (Phi) is 5.06. The molecule has 124 valence electrons. The van der Waals surface area contributed by atoms with Gasteiger partial charge < -0.3 is 5.32 Å². The third kappa shape index (κ3) is 3.99. The lowest BCUT2D eigenvalue weighted by atomic mass is 9.88. The predicted molar refractivity (Wildman–Crippen MR) is 88.3 cm³/mol. The first-order valence-electron chi connectivity index (χ1n) is 8.36. The Balaban J connectivity index is 2.04. The second-order valence-electron chi connectivity index (χ2n) is 7.77. The van der Waals surface area contributed by atoms with Crippen molar-refractivity contribution in [1.82, 2.24) is 10.2 Å². The third-order valence-electron chi connectivity index (χ3n) is 5.34. The van der Waals surface area contributed by atoms with Gasteiger partial charge in [-0.15, -0.1) is 0 Å². The summed E-state index contributed by atoms with van der Waals surface area (Å²) in [5.41, 5.74) is 0.174. The molecule has 2 atom stereocenters. The zero-order valence-electron chi connectivity index (χ0n) is 14.2. The Bertz CT molecular complexity index is 457. The summed E-state index contributed by atoms with van der Waals surface area (Å²) in [5, 5.41) is 3.48. The maximum absolute atomic E-state index is 12.1. The smallest absolute Gasteiger partial charge is 0.153 e. The van der Waals surface area contributed by atoms with Gasteiger partial charge in [-0.1, -0.05) is 13.8 Å². The highest BCUT2D eigenvalue weighted by Crippen LogP contribution is 2.41. The van der Waals surface area contributed by atoms with Crippen LogP contribution in [0.2, 0.25) is 0 Å². The van der Waals surface area contributed by atoms with Gasteiger partial charge in [-0.2, -0.15) is 0 Å². The fourth-order valence-corrected chi connectivity index (χ4v) is 4.40. The second-order valence-corrected chi connectivity index (χ2v) is 10.4. The number of piperazine rings is 1. The normalized spacial score (nSPS) is 32.0. The molecule has 2 aliphatic rings. The van der Waals surface area contributed by atoms with Crippen LogP contribution in [0.15, 0.2) is 0 Å².